The summed E-state index contributed by atoms with van der Waals surface area (Å²) < 4.78 is 11.2. The standard InChI is InChI=1S/C25H38N2O2/c1-18(25-13-20-9-21(14-25)11-22(10-20)15-25)26-16-19-3-4-24(28-2)23(12-19)17-27-5-7-29-8-6-27/h3-4,12,18,20-22,26H,5-11,13-17H2,1-2H3. The molecule has 5 fully saturated rings. The highest BCUT2D eigenvalue weighted by atomic mass is 16.5. The fourth-order valence-corrected chi connectivity index (χ4v) is 7.26. The van der Waals surface area contributed by atoms with Gasteiger partial charge in [0.25, 0.3) is 0 Å². The summed E-state index contributed by atoms with van der Waals surface area (Å²) in [4.78, 5) is 2.47. The van der Waals surface area contributed by atoms with Gasteiger partial charge in [0.15, 0.2) is 0 Å². The molecule has 1 N–H and O–H groups in total. The second-order valence-electron chi connectivity index (χ2n) is 10.4. The minimum atomic E-state index is 0.567. The Morgan fingerprint density at radius 2 is 1.76 bits per heavy atom. The van der Waals surface area contributed by atoms with E-state index in [-0.39, 0.29) is 0 Å². The van der Waals surface area contributed by atoms with E-state index in [0.29, 0.717) is 11.5 Å². The lowest BCUT2D eigenvalue weighted by Gasteiger charge is -2.59. The molecule has 160 valence electrons. The second kappa shape index (κ2) is 8.20. The molecule has 0 radical (unpaired) electrons. The molecule has 1 aromatic carbocycles. The summed E-state index contributed by atoms with van der Waals surface area (Å²) in [6.07, 6.45) is 8.98. The highest BCUT2D eigenvalue weighted by Gasteiger charge is 2.52. The number of rotatable bonds is 7. The van der Waals surface area contributed by atoms with Gasteiger partial charge >= 0.3 is 0 Å². The lowest BCUT2D eigenvalue weighted by molar-refractivity contribution is -0.0706. The summed E-state index contributed by atoms with van der Waals surface area (Å²) in [5.74, 6) is 4.07. The zero-order chi connectivity index (χ0) is 19.8. The first kappa shape index (κ1) is 19.8. The number of hydrogen-bond acceptors (Lipinski definition) is 4. The van der Waals surface area contributed by atoms with E-state index in [1.165, 1.54) is 49.7 Å². The predicted octanol–water partition coefficient (Wildman–Crippen LogP) is 4.22. The summed E-state index contributed by atoms with van der Waals surface area (Å²) in [6, 6.07) is 7.36. The highest BCUT2D eigenvalue weighted by molar-refractivity contribution is 5.37. The van der Waals surface area contributed by atoms with Crippen molar-refractivity contribution < 1.29 is 9.47 Å². The van der Waals surface area contributed by atoms with Crippen molar-refractivity contribution in [3.8, 4) is 5.75 Å². The Balaban J connectivity index is 1.24. The molecule has 4 nitrogen and oxygen atoms in total. The summed E-state index contributed by atoms with van der Waals surface area (Å²) in [5.41, 5.74) is 3.25. The minimum Gasteiger partial charge on any atom is -0.496 e. The summed E-state index contributed by atoms with van der Waals surface area (Å²) in [6.45, 7) is 8.07. The third kappa shape index (κ3) is 4.08. The summed E-state index contributed by atoms with van der Waals surface area (Å²) >= 11 is 0. The van der Waals surface area contributed by atoms with E-state index in [1.54, 1.807) is 7.11 Å². The van der Waals surface area contributed by atoms with Crippen LogP contribution in [0.25, 0.3) is 0 Å². The molecule has 1 saturated heterocycles. The maximum absolute atomic E-state index is 5.65. The second-order valence-corrected chi connectivity index (χ2v) is 10.4. The van der Waals surface area contributed by atoms with Gasteiger partial charge in [-0.05, 0) is 86.3 Å². The number of hydrogen-bond donors (Lipinski definition) is 1. The molecule has 4 saturated carbocycles. The molecule has 29 heavy (non-hydrogen) atoms. The van der Waals surface area contributed by atoms with Gasteiger partial charge in [-0.15, -0.1) is 0 Å². The Hall–Kier alpha value is -1.10. The molecule has 4 aliphatic carbocycles. The molecular formula is C25H38N2O2. The van der Waals surface area contributed by atoms with Crippen molar-refractivity contribution in [2.75, 3.05) is 33.4 Å². The monoisotopic (exact) mass is 398 g/mol. The first-order valence-electron chi connectivity index (χ1n) is 11.8. The van der Waals surface area contributed by atoms with Gasteiger partial charge in [-0.2, -0.15) is 0 Å². The maximum atomic E-state index is 5.65. The van der Waals surface area contributed by atoms with Gasteiger partial charge in [0.05, 0.1) is 20.3 Å². The van der Waals surface area contributed by atoms with Crippen molar-refractivity contribution in [3.05, 3.63) is 29.3 Å². The molecule has 0 amide bonds. The third-order valence-electron chi connectivity index (χ3n) is 8.46. The zero-order valence-electron chi connectivity index (χ0n) is 18.3. The molecule has 0 aromatic heterocycles. The van der Waals surface area contributed by atoms with Crippen molar-refractivity contribution in [3.63, 3.8) is 0 Å². The average Bonchev–Trinajstić information content (AvgIpc) is 2.72. The number of nitrogens with zero attached hydrogens (tertiary/aromatic N) is 1. The SMILES string of the molecule is COc1ccc(CNC(C)C23CC4CC(CC(C4)C2)C3)cc1CN1CCOCC1. The first-order chi connectivity index (χ1) is 14.1. The van der Waals surface area contributed by atoms with Crippen LogP contribution in [-0.2, 0) is 17.8 Å². The van der Waals surface area contributed by atoms with Crippen LogP contribution >= 0.6 is 0 Å². The van der Waals surface area contributed by atoms with Crippen LogP contribution in [0.3, 0.4) is 0 Å². The molecule has 1 unspecified atom stereocenters. The lowest BCUT2D eigenvalue weighted by atomic mass is 9.48. The van der Waals surface area contributed by atoms with Crippen LogP contribution in [0.15, 0.2) is 18.2 Å². The van der Waals surface area contributed by atoms with Crippen LogP contribution < -0.4 is 10.1 Å². The van der Waals surface area contributed by atoms with Crippen LogP contribution in [0, 0.1) is 23.2 Å². The molecule has 1 aliphatic heterocycles. The third-order valence-corrected chi connectivity index (χ3v) is 8.46. The van der Waals surface area contributed by atoms with Gasteiger partial charge in [-0.1, -0.05) is 6.07 Å². The van der Waals surface area contributed by atoms with Crippen LogP contribution in [-0.4, -0.2) is 44.4 Å². The van der Waals surface area contributed by atoms with Gasteiger partial charge in [-0.25, -0.2) is 0 Å². The van der Waals surface area contributed by atoms with Crippen molar-refractivity contribution in [1.82, 2.24) is 10.2 Å². The van der Waals surface area contributed by atoms with E-state index in [2.05, 4.69) is 35.3 Å². The smallest absolute Gasteiger partial charge is 0.123 e. The number of nitrogens with one attached hydrogen (secondary N) is 1. The Morgan fingerprint density at radius 1 is 1.10 bits per heavy atom. The van der Waals surface area contributed by atoms with Gasteiger partial charge < -0.3 is 14.8 Å². The van der Waals surface area contributed by atoms with E-state index in [4.69, 9.17) is 9.47 Å². The van der Waals surface area contributed by atoms with Crippen molar-refractivity contribution in [2.24, 2.45) is 23.2 Å². The van der Waals surface area contributed by atoms with Gasteiger partial charge in [0.1, 0.15) is 5.75 Å². The predicted molar refractivity (Wildman–Crippen MR) is 116 cm³/mol. The van der Waals surface area contributed by atoms with Gasteiger partial charge in [-0.3, -0.25) is 4.90 Å². The molecule has 6 rings (SSSR count). The molecule has 5 aliphatic rings. The van der Waals surface area contributed by atoms with Gasteiger partial charge in [0.2, 0.25) is 0 Å². The fourth-order valence-electron chi connectivity index (χ4n) is 7.26. The van der Waals surface area contributed by atoms with E-state index < -0.39 is 0 Å². The Labute approximate surface area is 176 Å². The summed E-state index contributed by atoms with van der Waals surface area (Å²) in [5, 5.41) is 3.95. The Bertz CT molecular complexity index is 677. The van der Waals surface area contributed by atoms with E-state index >= 15 is 0 Å². The Kier molecular flexibility index (Phi) is 5.61. The molecule has 1 atom stereocenters. The number of ether oxygens (including phenoxy) is 2. The molecular weight excluding hydrogens is 360 g/mol. The van der Waals surface area contributed by atoms with Crippen LogP contribution in [0.1, 0.15) is 56.6 Å². The molecule has 4 heteroatoms. The highest BCUT2D eigenvalue weighted by Crippen LogP contribution is 2.61. The fraction of sp³-hybridized carbons (Fsp3) is 0.760. The normalized spacial score (nSPS) is 35.0. The average molecular weight is 399 g/mol. The lowest BCUT2D eigenvalue weighted by Crippen LogP contribution is -2.54. The van der Waals surface area contributed by atoms with Gasteiger partial charge in [0, 0.05) is 37.8 Å². The molecule has 1 heterocycles. The Morgan fingerprint density at radius 3 is 2.38 bits per heavy atom. The first-order valence-corrected chi connectivity index (χ1v) is 11.8. The number of methoxy groups -OCH3 is 1. The molecule has 4 bridgehead atoms. The van der Waals surface area contributed by atoms with Crippen LogP contribution in [0.2, 0.25) is 0 Å². The molecule has 1 aromatic rings. The van der Waals surface area contributed by atoms with E-state index in [1.807, 2.05) is 0 Å². The quantitative estimate of drug-likeness (QED) is 0.746. The number of benzene rings is 1. The van der Waals surface area contributed by atoms with Crippen LogP contribution in [0.5, 0.6) is 5.75 Å². The van der Waals surface area contributed by atoms with Crippen molar-refractivity contribution >= 4 is 0 Å². The topological polar surface area (TPSA) is 33.7 Å². The van der Waals surface area contributed by atoms with E-state index in [0.717, 1.165) is 62.9 Å². The minimum absolute atomic E-state index is 0.567. The van der Waals surface area contributed by atoms with Crippen molar-refractivity contribution in [2.45, 2.75) is 64.6 Å². The van der Waals surface area contributed by atoms with E-state index in [9.17, 15) is 0 Å². The summed E-state index contributed by atoms with van der Waals surface area (Å²) in [7, 11) is 1.78. The van der Waals surface area contributed by atoms with Crippen molar-refractivity contribution in [1.29, 1.82) is 0 Å². The maximum Gasteiger partial charge on any atom is 0.123 e. The van der Waals surface area contributed by atoms with Crippen LogP contribution in [0.4, 0.5) is 0 Å². The zero-order valence-corrected chi connectivity index (χ0v) is 18.3. The largest absolute Gasteiger partial charge is 0.496 e. The molecule has 0 spiro atoms. The number of morpholine rings is 1.